The maximum absolute atomic E-state index is 12.1. The van der Waals surface area contributed by atoms with Gasteiger partial charge in [0.25, 0.3) is 0 Å². The molecule has 0 aliphatic carbocycles. The average Bonchev–Trinajstić information content (AvgIpc) is 2.46. The highest BCUT2D eigenvalue weighted by Crippen LogP contribution is 2.17. The molecule has 0 amide bonds. The zero-order chi connectivity index (χ0) is 14.4. The molecule has 0 radical (unpaired) electrons. The molecule has 0 aliphatic rings. The molecule has 0 bridgehead atoms. The molecule has 0 unspecified atom stereocenters. The lowest BCUT2D eigenvalue weighted by Gasteiger charge is -2.23. The van der Waals surface area contributed by atoms with Crippen molar-refractivity contribution in [1.82, 2.24) is 4.98 Å². The summed E-state index contributed by atoms with van der Waals surface area (Å²) in [5.74, 6) is -0.0267. The van der Waals surface area contributed by atoms with Crippen LogP contribution in [0, 0.1) is 0 Å². The van der Waals surface area contributed by atoms with Gasteiger partial charge in [0.1, 0.15) is 6.61 Å². The van der Waals surface area contributed by atoms with Crippen LogP contribution in [0.2, 0.25) is 0 Å². The first kappa shape index (κ1) is 14.1. The summed E-state index contributed by atoms with van der Waals surface area (Å²) < 4.78 is 10.8. The fraction of sp³-hybridized carbons (Fsp3) is 0.250. The van der Waals surface area contributed by atoms with Crippen molar-refractivity contribution < 1.29 is 14.3 Å². The maximum Gasteiger partial charge on any atom is 0.350 e. The molecule has 104 valence electrons. The van der Waals surface area contributed by atoms with E-state index in [9.17, 15) is 4.79 Å². The Kier molecular flexibility index (Phi) is 4.35. The predicted octanol–water partition coefficient (Wildman–Crippen LogP) is 2.98. The van der Waals surface area contributed by atoms with Gasteiger partial charge in [-0.2, -0.15) is 0 Å². The van der Waals surface area contributed by atoms with Crippen LogP contribution in [-0.4, -0.2) is 16.6 Å². The van der Waals surface area contributed by atoms with Crippen molar-refractivity contribution in [3.8, 4) is 5.88 Å². The molecule has 0 saturated heterocycles. The minimum Gasteiger partial charge on any atom is -0.460 e. The van der Waals surface area contributed by atoms with Crippen molar-refractivity contribution in [1.29, 1.82) is 0 Å². The monoisotopic (exact) mass is 271 g/mol. The Bertz CT molecular complexity index is 552. The standard InChI is InChI=1S/C16H17NO3/c1-16(2,20-14-10-6-7-11-17-14)15(18)19-12-13-8-4-3-5-9-13/h3-11H,12H2,1-2H3. The fourth-order valence-electron chi connectivity index (χ4n) is 1.61. The molecule has 4 nitrogen and oxygen atoms in total. The maximum atomic E-state index is 12.1. The number of pyridine rings is 1. The van der Waals surface area contributed by atoms with E-state index >= 15 is 0 Å². The average molecular weight is 271 g/mol. The van der Waals surface area contributed by atoms with Gasteiger partial charge in [0, 0.05) is 12.3 Å². The minimum atomic E-state index is -1.08. The van der Waals surface area contributed by atoms with Crippen LogP contribution in [0.1, 0.15) is 19.4 Å². The highest BCUT2D eigenvalue weighted by molar-refractivity contribution is 5.78. The fourth-order valence-corrected chi connectivity index (χ4v) is 1.61. The number of carbonyl (C=O) groups is 1. The molecule has 20 heavy (non-hydrogen) atoms. The number of hydrogen-bond acceptors (Lipinski definition) is 4. The first-order valence-corrected chi connectivity index (χ1v) is 6.39. The third kappa shape index (κ3) is 3.82. The van der Waals surface area contributed by atoms with Crippen molar-refractivity contribution in [2.24, 2.45) is 0 Å². The predicted molar refractivity (Wildman–Crippen MR) is 75.2 cm³/mol. The summed E-state index contributed by atoms with van der Waals surface area (Å²) in [7, 11) is 0. The first-order chi connectivity index (χ1) is 9.58. The number of rotatable bonds is 5. The zero-order valence-corrected chi connectivity index (χ0v) is 11.6. The van der Waals surface area contributed by atoms with Gasteiger partial charge in [-0.3, -0.25) is 0 Å². The molecule has 0 N–H and O–H groups in total. The molecular weight excluding hydrogens is 254 g/mol. The quantitative estimate of drug-likeness (QED) is 0.784. The molecule has 0 saturated carbocycles. The van der Waals surface area contributed by atoms with Gasteiger partial charge in [-0.05, 0) is 25.5 Å². The minimum absolute atomic E-state index is 0.231. The summed E-state index contributed by atoms with van der Waals surface area (Å²) in [6.45, 7) is 3.55. The SMILES string of the molecule is CC(C)(Oc1ccccn1)C(=O)OCc1ccccc1. The van der Waals surface area contributed by atoms with Crippen LogP contribution in [0.3, 0.4) is 0 Å². The molecule has 0 atom stereocenters. The zero-order valence-electron chi connectivity index (χ0n) is 11.6. The number of esters is 1. The highest BCUT2D eigenvalue weighted by atomic mass is 16.6. The summed E-state index contributed by atoms with van der Waals surface area (Å²) in [5, 5.41) is 0. The number of ether oxygens (including phenoxy) is 2. The van der Waals surface area contributed by atoms with Gasteiger partial charge in [-0.25, -0.2) is 9.78 Å². The molecule has 1 aromatic carbocycles. The summed E-state index contributed by atoms with van der Waals surface area (Å²) >= 11 is 0. The van der Waals surface area contributed by atoms with E-state index < -0.39 is 11.6 Å². The molecule has 2 rings (SSSR count). The van der Waals surface area contributed by atoms with E-state index in [0.717, 1.165) is 5.56 Å². The van der Waals surface area contributed by atoms with Crippen LogP contribution in [0.15, 0.2) is 54.7 Å². The Morgan fingerprint density at radius 1 is 1.10 bits per heavy atom. The van der Waals surface area contributed by atoms with E-state index in [1.54, 1.807) is 38.2 Å². The van der Waals surface area contributed by atoms with E-state index in [4.69, 9.17) is 9.47 Å². The van der Waals surface area contributed by atoms with Crippen LogP contribution in [0.5, 0.6) is 5.88 Å². The van der Waals surface area contributed by atoms with E-state index in [-0.39, 0.29) is 6.61 Å². The summed E-state index contributed by atoms with van der Waals surface area (Å²) in [6, 6.07) is 14.8. The van der Waals surface area contributed by atoms with Gasteiger partial charge in [0.15, 0.2) is 0 Å². The van der Waals surface area contributed by atoms with Gasteiger partial charge >= 0.3 is 5.97 Å². The van der Waals surface area contributed by atoms with E-state index in [1.165, 1.54) is 0 Å². The number of hydrogen-bond donors (Lipinski definition) is 0. The van der Waals surface area contributed by atoms with Crippen LogP contribution in [0.25, 0.3) is 0 Å². The highest BCUT2D eigenvalue weighted by Gasteiger charge is 2.32. The first-order valence-electron chi connectivity index (χ1n) is 6.39. The van der Waals surface area contributed by atoms with Gasteiger partial charge in [-0.15, -0.1) is 0 Å². The van der Waals surface area contributed by atoms with Gasteiger partial charge in [0.05, 0.1) is 0 Å². The van der Waals surface area contributed by atoms with Gasteiger partial charge in [-0.1, -0.05) is 36.4 Å². The van der Waals surface area contributed by atoms with Crippen molar-refractivity contribution in [2.75, 3.05) is 0 Å². The number of benzene rings is 1. The Labute approximate surface area is 118 Å². The molecule has 1 aromatic heterocycles. The molecule has 0 fully saturated rings. The van der Waals surface area contributed by atoms with E-state index in [1.807, 2.05) is 30.3 Å². The number of nitrogens with zero attached hydrogens (tertiary/aromatic N) is 1. The van der Waals surface area contributed by atoms with Crippen LogP contribution in [0.4, 0.5) is 0 Å². The lowest BCUT2D eigenvalue weighted by molar-refractivity contribution is -0.160. The Morgan fingerprint density at radius 3 is 2.45 bits per heavy atom. The van der Waals surface area contributed by atoms with Crippen LogP contribution in [-0.2, 0) is 16.1 Å². The second-order valence-corrected chi connectivity index (χ2v) is 4.84. The lowest BCUT2D eigenvalue weighted by Crippen LogP contribution is -2.39. The molecule has 4 heteroatoms. The summed E-state index contributed by atoms with van der Waals surface area (Å²) in [6.07, 6.45) is 1.61. The van der Waals surface area contributed by atoms with Crippen molar-refractivity contribution >= 4 is 5.97 Å². The third-order valence-electron chi connectivity index (χ3n) is 2.70. The summed E-state index contributed by atoms with van der Waals surface area (Å²) in [4.78, 5) is 16.1. The van der Waals surface area contributed by atoms with Gasteiger partial charge < -0.3 is 9.47 Å². The van der Waals surface area contributed by atoms with Gasteiger partial charge in [0.2, 0.25) is 11.5 Å². The molecular formula is C16H17NO3. The second-order valence-electron chi connectivity index (χ2n) is 4.84. The lowest BCUT2D eigenvalue weighted by atomic mass is 10.1. The Balaban J connectivity index is 1.93. The van der Waals surface area contributed by atoms with Crippen molar-refractivity contribution in [2.45, 2.75) is 26.1 Å². The number of aromatic nitrogens is 1. The topological polar surface area (TPSA) is 48.4 Å². The Morgan fingerprint density at radius 2 is 1.80 bits per heavy atom. The van der Waals surface area contributed by atoms with Crippen LogP contribution < -0.4 is 4.74 Å². The second kappa shape index (κ2) is 6.19. The number of carbonyl (C=O) groups excluding carboxylic acids is 1. The molecule has 2 aromatic rings. The Hall–Kier alpha value is -2.36. The van der Waals surface area contributed by atoms with Crippen LogP contribution >= 0.6 is 0 Å². The molecule has 0 spiro atoms. The third-order valence-corrected chi connectivity index (χ3v) is 2.70. The van der Waals surface area contributed by atoms with Crippen molar-refractivity contribution in [3.05, 3.63) is 60.3 Å². The molecule has 1 heterocycles. The largest absolute Gasteiger partial charge is 0.460 e. The smallest absolute Gasteiger partial charge is 0.350 e. The van der Waals surface area contributed by atoms with E-state index in [0.29, 0.717) is 5.88 Å². The van der Waals surface area contributed by atoms with Crippen molar-refractivity contribution in [3.63, 3.8) is 0 Å². The molecule has 0 aliphatic heterocycles. The summed E-state index contributed by atoms with van der Waals surface area (Å²) in [5.41, 5.74) is -0.141. The van der Waals surface area contributed by atoms with E-state index in [2.05, 4.69) is 4.98 Å². The normalized spacial score (nSPS) is 10.9.